The zero-order valence-electron chi connectivity index (χ0n) is 15.8. The lowest BCUT2D eigenvalue weighted by Crippen LogP contribution is -2.51. The van der Waals surface area contributed by atoms with E-state index in [1.165, 1.54) is 4.31 Å². The lowest BCUT2D eigenvalue weighted by Gasteiger charge is -2.36. The number of rotatable bonds is 6. The van der Waals surface area contributed by atoms with Gasteiger partial charge in [-0.15, -0.1) is 0 Å². The van der Waals surface area contributed by atoms with Gasteiger partial charge < -0.3 is 9.80 Å². The quantitative estimate of drug-likeness (QED) is 0.718. The van der Waals surface area contributed by atoms with E-state index in [-0.39, 0.29) is 19.0 Å². The van der Waals surface area contributed by atoms with E-state index < -0.39 is 10.0 Å². The first-order valence-electron chi connectivity index (χ1n) is 9.10. The molecule has 0 atom stereocenters. The molecular weight excluding hydrogens is 398 g/mol. The van der Waals surface area contributed by atoms with Crippen LogP contribution in [0.5, 0.6) is 0 Å². The molecule has 0 saturated carbocycles. The van der Waals surface area contributed by atoms with Crippen molar-refractivity contribution < 1.29 is 13.2 Å². The van der Waals surface area contributed by atoms with Gasteiger partial charge in [0, 0.05) is 43.4 Å². The molecule has 6 nitrogen and oxygen atoms in total. The number of amides is 1. The van der Waals surface area contributed by atoms with Crippen LogP contribution >= 0.6 is 11.6 Å². The summed E-state index contributed by atoms with van der Waals surface area (Å²) in [5.74, 6) is -0.174. The number of halogens is 1. The van der Waals surface area contributed by atoms with Crippen molar-refractivity contribution in [2.24, 2.45) is 0 Å². The fourth-order valence-electron chi connectivity index (χ4n) is 3.19. The minimum absolute atomic E-state index is 0.145. The van der Waals surface area contributed by atoms with Gasteiger partial charge in [0.25, 0.3) is 0 Å². The molecule has 1 heterocycles. The highest BCUT2D eigenvalue weighted by Gasteiger charge is 2.26. The standard InChI is InChI=1S/C20H24ClN3O3S/c1-28(26,27)24(15-17-7-9-18(21)10-8-17)16-20(25)23-13-11-22(12-14-23)19-5-3-2-4-6-19/h2-10H,11-16H2,1H3. The Kier molecular flexibility index (Phi) is 6.59. The molecule has 0 aromatic heterocycles. The minimum atomic E-state index is -3.52. The smallest absolute Gasteiger partial charge is 0.238 e. The van der Waals surface area contributed by atoms with Gasteiger partial charge in [-0.2, -0.15) is 4.31 Å². The first-order valence-corrected chi connectivity index (χ1v) is 11.3. The lowest BCUT2D eigenvalue weighted by atomic mass is 10.2. The number of nitrogens with zero attached hydrogens (tertiary/aromatic N) is 3. The number of carbonyl (C=O) groups excluding carboxylic acids is 1. The van der Waals surface area contributed by atoms with Crippen molar-refractivity contribution >= 4 is 33.2 Å². The maximum atomic E-state index is 12.7. The van der Waals surface area contributed by atoms with E-state index in [2.05, 4.69) is 17.0 Å². The van der Waals surface area contributed by atoms with Gasteiger partial charge in [-0.05, 0) is 29.8 Å². The Hall–Kier alpha value is -2.09. The Balaban J connectivity index is 1.60. The van der Waals surface area contributed by atoms with Crippen LogP contribution in [0.15, 0.2) is 54.6 Å². The maximum absolute atomic E-state index is 12.7. The van der Waals surface area contributed by atoms with Gasteiger partial charge in [0.2, 0.25) is 15.9 Å². The molecule has 150 valence electrons. The fourth-order valence-corrected chi connectivity index (χ4v) is 4.04. The Morgan fingerprint density at radius 2 is 1.61 bits per heavy atom. The van der Waals surface area contributed by atoms with Crippen LogP contribution in [0.2, 0.25) is 5.02 Å². The van der Waals surface area contributed by atoms with Crippen LogP contribution in [-0.2, 0) is 21.4 Å². The molecule has 1 amide bonds. The third-order valence-electron chi connectivity index (χ3n) is 4.81. The van der Waals surface area contributed by atoms with E-state index in [4.69, 9.17) is 11.6 Å². The Bertz CT molecular complexity index is 896. The van der Waals surface area contributed by atoms with Crippen LogP contribution in [-0.4, -0.2) is 62.5 Å². The molecule has 2 aromatic carbocycles. The highest BCUT2D eigenvalue weighted by molar-refractivity contribution is 7.88. The second-order valence-corrected chi connectivity index (χ2v) is 9.28. The van der Waals surface area contributed by atoms with Gasteiger partial charge in [0.1, 0.15) is 0 Å². The number of sulfonamides is 1. The molecule has 2 aromatic rings. The SMILES string of the molecule is CS(=O)(=O)N(CC(=O)N1CCN(c2ccccc2)CC1)Cc1ccc(Cl)cc1. The zero-order valence-corrected chi connectivity index (χ0v) is 17.4. The van der Waals surface area contributed by atoms with Crippen molar-refractivity contribution in [2.45, 2.75) is 6.54 Å². The van der Waals surface area contributed by atoms with Crippen molar-refractivity contribution in [1.82, 2.24) is 9.21 Å². The second-order valence-electron chi connectivity index (χ2n) is 6.86. The molecule has 3 rings (SSSR count). The Morgan fingerprint density at radius 1 is 1.00 bits per heavy atom. The molecule has 0 unspecified atom stereocenters. The molecule has 8 heteroatoms. The average molecular weight is 422 g/mol. The van der Waals surface area contributed by atoms with E-state index >= 15 is 0 Å². The van der Waals surface area contributed by atoms with E-state index in [9.17, 15) is 13.2 Å². The van der Waals surface area contributed by atoms with Crippen molar-refractivity contribution in [1.29, 1.82) is 0 Å². The summed E-state index contributed by atoms with van der Waals surface area (Å²) in [6, 6.07) is 17.0. The molecule has 28 heavy (non-hydrogen) atoms. The second kappa shape index (κ2) is 8.94. The normalized spacial score (nSPS) is 15.1. The van der Waals surface area contributed by atoms with Crippen molar-refractivity contribution in [3.8, 4) is 0 Å². The van der Waals surface area contributed by atoms with E-state index in [1.54, 1.807) is 29.2 Å². The molecule has 0 bridgehead atoms. The van der Waals surface area contributed by atoms with Crippen LogP contribution < -0.4 is 4.90 Å². The third-order valence-corrected chi connectivity index (χ3v) is 6.25. The zero-order chi connectivity index (χ0) is 20.1. The number of hydrogen-bond acceptors (Lipinski definition) is 4. The fraction of sp³-hybridized carbons (Fsp3) is 0.350. The van der Waals surface area contributed by atoms with E-state index in [0.29, 0.717) is 18.1 Å². The molecule has 0 aliphatic carbocycles. The van der Waals surface area contributed by atoms with E-state index in [1.807, 2.05) is 18.2 Å². The molecular formula is C20H24ClN3O3S. The van der Waals surface area contributed by atoms with Gasteiger partial charge in [-0.1, -0.05) is 41.9 Å². The topological polar surface area (TPSA) is 60.9 Å². The van der Waals surface area contributed by atoms with Gasteiger partial charge >= 0.3 is 0 Å². The van der Waals surface area contributed by atoms with Gasteiger partial charge in [0.05, 0.1) is 12.8 Å². The number of benzene rings is 2. The predicted molar refractivity (Wildman–Crippen MR) is 112 cm³/mol. The number of piperazine rings is 1. The van der Waals surface area contributed by atoms with Crippen LogP contribution in [0.3, 0.4) is 0 Å². The summed E-state index contributed by atoms with van der Waals surface area (Å²) < 4.78 is 25.6. The minimum Gasteiger partial charge on any atom is -0.368 e. The molecule has 1 aliphatic rings. The molecule has 0 radical (unpaired) electrons. The summed E-state index contributed by atoms with van der Waals surface area (Å²) >= 11 is 5.88. The van der Waals surface area contributed by atoms with E-state index in [0.717, 1.165) is 30.6 Å². The maximum Gasteiger partial charge on any atom is 0.238 e. The summed E-state index contributed by atoms with van der Waals surface area (Å²) in [6.07, 6.45) is 1.13. The first-order chi connectivity index (χ1) is 13.3. The monoisotopic (exact) mass is 421 g/mol. The molecule has 0 N–H and O–H groups in total. The summed E-state index contributed by atoms with van der Waals surface area (Å²) in [4.78, 5) is 16.7. The number of hydrogen-bond donors (Lipinski definition) is 0. The summed E-state index contributed by atoms with van der Waals surface area (Å²) in [7, 11) is -3.52. The molecule has 1 aliphatic heterocycles. The van der Waals surface area contributed by atoms with Crippen LogP contribution in [0, 0.1) is 0 Å². The summed E-state index contributed by atoms with van der Waals surface area (Å²) in [5.41, 5.74) is 1.92. The number of anilines is 1. The highest BCUT2D eigenvalue weighted by atomic mass is 35.5. The Labute approximate surface area is 171 Å². The molecule has 0 spiro atoms. The largest absolute Gasteiger partial charge is 0.368 e. The summed E-state index contributed by atoms with van der Waals surface area (Å²) in [6.45, 7) is 2.59. The van der Waals surface area contributed by atoms with Crippen LogP contribution in [0.25, 0.3) is 0 Å². The third kappa shape index (κ3) is 5.47. The van der Waals surface area contributed by atoms with Crippen LogP contribution in [0.4, 0.5) is 5.69 Å². The van der Waals surface area contributed by atoms with Crippen molar-refractivity contribution in [2.75, 3.05) is 43.9 Å². The molecule has 1 fully saturated rings. The first kappa shape index (κ1) is 20.6. The number of para-hydroxylation sites is 1. The predicted octanol–water partition coefficient (Wildman–Crippen LogP) is 2.45. The Morgan fingerprint density at radius 3 is 2.18 bits per heavy atom. The van der Waals surface area contributed by atoms with Gasteiger partial charge in [-0.25, -0.2) is 8.42 Å². The van der Waals surface area contributed by atoms with Gasteiger partial charge in [-0.3, -0.25) is 4.79 Å². The van der Waals surface area contributed by atoms with Crippen molar-refractivity contribution in [3.63, 3.8) is 0 Å². The van der Waals surface area contributed by atoms with Crippen LogP contribution in [0.1, 0.15) is 5.56 Å². The molecule has 1 saturated heterocycles. The highest BCUT2D eigenvalue weighted by Crippen LogP contribution is 2.17. The lowest BCUT2D eigenvalue weighted by molar-refractivity contribution is -0.131. The van der Waals surface area contributed by atoms with Crippen molar-refractivity contribution in [3.05, 3.63) is 65.2 Å². The average Bonchev–Trinajstić information content (AvgIpc) is 2.69. The van der Waals surface area contributed by atoms with Gasteiger partial charge in [0.15, 0.2) is 0 Å². The number of carbonyl (C=O) groups is 1. The summed E-state index contributed by atoms with van der Waals surface area (Å²) in [5, 5.41) is 0.585.